The van der Waals surface area contributed by atoms with Crippen LogP contribution >= 0.6 is 0 Å². The molecule has 0 radical (unpaired) electrons. The fourth-order valence-electron chi connectivity index (χ4n) is 1.82. The van der Waals surface area contributed by atoms with Crippen molar-refractivity contribution in [2.75, 3.05) is 7.11 Å². The van der Waals surface area contributed by atoms with E-state index in [-0.39, 0.29) is 0 Å². The number of rotatable bonds is 5. The van der Waals surface area contributed by atoms with E-state index in [9.17, 15) is 0 Å². The minimum Gasteiger partial charge on any atom is -0.496 e. The van der Waals surface area contributed by atoms with E-state index in [1.165, 1.54) is 0 Å². The van der Waals surface area contributed by atoms with Crippen LogP contribution in [0.15, 0.2) is 24.4 Å². The van der Waals surface area contributed by atoms with E-state index < -0.39 is 0 Å². The maximum atomic E-state index is 5.25. The highest BCUT2D eigenvalue weighted by Gasteiger charge is 2.05. The highest BCUT2D eigenvalue weighted by molar-refractivity contribution is 5.43. The topological polar surface area (TPSA) is 52.0 Å². The standard InChI is InChI=1S/C14H20N4O/c1-10(2)15-8-12-9-18(17-16-12)13-5-6-14(19-4)11(3)7-13/h5-7,9-10,15H,8H2,1-4H3. The third-order valence-corrected chi connectivity index (χ3v) is 2.88. The van der Waals surface area contributed by atoms with Gasteiger partial charge in [-0.05, 0) is 30.7 Å². The van der Waals surface area contributed by atoms with Gasteiger partial charge in [-0.3, -0.25) is 0 Å². The summed E-state index contributed by atoms with van der Waals surface area (Å²) in [7, 11) is 1.67. The van der Waals surface area contributed by atoms with Gasteiger partial charge >= 0.3 is 0 Å². The monoisotopic (exact) mass is 260 g/mol. The maximum absolute atomic E-state index is 5.25. The first-order valence-electron chi connectivity index (χ1n) is 6.39. The van der Waals surface area contributed by atoms with Gasteiger partial charge in [0.15, 0.2) is 0 Å². The molecule has 2 aromatic rings. The summed E-state index contributed by atoms with van der Waals surface area (Å²) in [5.41, 5.74) is 3.00. The molecule has 0 aliphatic heterocycles. The van der Waals surface area contributed by atoms with E-state index in [0.29, 0.717) is 6.04 Å². The van der Waals surface area contributed by atoms with Gasteiger partial charge < -0.3 is 10.1 Å². The molecule has 0 fully saturated rings. The Balaban J connectivity index is 2.16. The summed E-state index contributed by atoms with van der Waals surface area (Å²) in [6.07, 6.45) is 1.94. The average Bonchev–Trinajstić information content (AvgIpc) is 2.85. The second-order valence-electron chi connectivity index (χ2n) is 4.84. The molecule has 0 unspecified atom stereocenters. The van der Waals surface area contributed by atoms with Crippen molar-refractivity contribution in [1.29, 1.82) is 0 Å². The lowest BCUT2D eigenvalue weighted by molar-refractivity contribution is 0.411. The van der Waals surface area contributed by atoms with Crippen LogP contribution in [0.25, 0.3) is 5.69 Å². The second-order valence-corrected chi connectivity index (χ2v) is 4.84. The summed E-state index contributed by atoms with van der Waals surface area (Å²) in [6.45, 7) is 6.96. The summed E-state index contributed by atoms with van der Waals surface area (Å²) in [4.78, 5) is 0. The molecule has 0 atom stereocenters. The summed E-state index contributed by atoms with van der Waals surface area (Å²) >= 11 is 0. The number of nitrogens with zero attached hydrogens (tertiary/aromatic N) is 3. The summed E-state index contributed by atoms with van der Waals surface area (Å²) in [6, 6.07) is 6.39. The zero-order chi connectivity index (χ0) is 13.8. The molecule has 1 heterocycles. The van der Waals surface area contributed by atoms with Crippen LogP contribution < -0.4 is 10.1 Å². The summed E-state index contributed by atoms with van der Waals surface area (Å²) < 4.78 is 7.03. The van der Waals surface area contributed by atoms with Gasteiger partial charge in [0.2, 0.25) is 0 Å². The van der Waals surface area contributed by atoms with Gasteiger partial charge in [0, 0.05) is 12.6 Å². The van der Waals surface area contributed by atoms with E-state index in [4.69, 9.17) is 4.74 Å². The Morgan fingerprint density at radius 2 is 2.16 bits per heavy atom. The van der Waals surface area contributed by atoms with Crippen LogP contribution in [0.5, 0.6) is 5.75 Å². The highest BCUT2D eigenvalue weighted by atomic mass is 16.5. The van der Waals surface area contributed by atoms with Gasteiger partial charge in [-0.1, -0.05) is 19.1 Å². The Kier molecular flexibility index (Phi) is 4.16. The number of ether oxygens (including phenoxy) is 1. The van der Waals surface area contributed by atoms with Gasteiger partial charge in [-0.25, -0.2) is 4.68 Å². The van der Waals surface area contributed by atoms with Crippen LogP contribution in [0.1, 0.15) is 25.1 Å². The minimum absolute atomic E-state index is 0.438. The molecular weight excluding hydrogens is 240 g/mol. The molecule has 0 spiro atoms. The number of benzene rings is 1. The number of hydrogen-bond acceptors (Lipinski definition) is 4. The first-order chi connectivity index (χ1) is 9.10. The van der Waals surface area contributed by atoms with Gasteiger partial charge in [0.25, 0.3) is 0 Å². The average molecular weight is 260 g/mol. The van der Waals surface area contributed by atoms with Crippen molar-refractivity contribution in [2.45, 2.75) is 33.4 Å². The molecule has 102 valence electrons. The molecule has 1 N–H and O–H groups in total. The lowest BCUT2D eigenvalue weighted by Gasteiger charge is -2.06. The van der Waals surface area contributed by atoms with E-state index in [1.54, 1.807) is 11.8 Å². The summed E-state index contributed by atoms with van der Waals surface area (Å²) in [5, 5.41) is 11.6. The van der Waals surface area contributed by atoms with E-state index in [0.717, 1.165) is 29.2 Å². The van der Waals surface area contributed by atoms with Crippen LogP contribution in [0.2, 0.25) is 0 Å². The maximum Gasteiger partial charge on any atom is 0.121 e. The zero-order valence-corrected chi connectivity index (χ0v) is 11.8. The van der Waals surface area contributed by atoms with Gasteiger partial charge in [-0.15, -0.1) is 5.10 Å². The smallest absolute Gasteiger partial charge is 0.121 e. The number of nitrogens with one attached hydrogen (secondary N) is 1. The van der Waals surface area contributed by atoms with Crippen LogP contribution in [-0.4, -0.2) is 28.1 Å². The lowest BCUT2D eigenvalue weighted by Crippen LogP contribution is -2.21. The van der Waals surface area contributed by atoms with Gasteiger partial charge in [0.1, 0.15) is 5.75 Å². The fourth-order valence-corrected chi connectivity index (χ4v) is 1.82. The van der Waals surface area contributed by atoms with Crippen molar-refractivity contribution in [3.05, 3.63) is 35.7 Å². The molecule has 0 saturated carbocycles. The molecule has 0 bridgehead atoms. The van der Waals surface area contributed by atoms with Crippen molar-refractivity contribution in [3.8, 4) is 11.4 Å². The Morgan fingerprint density at radius 1 is 1.37 bits per heavy atom. The fraction of sp³-hybridized carbons (Fsp3) is 0.429. The molecule has 0 aliphatic rings. The van der Waals surface area contributed by atoms with E-state index >= 15 is 0 Å². The van der Waals surface area contributed by atoms with E-state index in [1.807, 2.05) is 31.3 Å². The Bertz CT molecular complexity index is 548. The predicted octanol–water partition coefficient (Wildman–Crippen LogP) is 2.08. The number of hydrogen-bond donors (Lipinski definition) is 1. The number of aromatic nitrogens is 3. The van der Waals surface area contributed by atoms with Crippen molar-refractivity contribution >= 4 is 0 Å². The molecule has 1 aromatic carbocycles. The predicted molar refractivity (Wildman–Crippen MR) is 74.6 cm³/mol. The molecule has 0 saturated heterocycles. The van der Waals surface area contributed by atoms with Crippen LogP contribution in [0.3, 0.4) is 0 Å². The molecule has 19 heavy (non-hydrogen) atoms. The molecule has 1 aromatic heterocycles. The SMILES string of the molecule is COc1ccc(-n2cc(CNC(C)C)nn2)cc1C. The van der Waals surface area contributed by atoms with Gasteiger partial charge in [0.05, 0.1) is 24.7 Å². The third kappa shape index (κ3) is 3.32. The Labute approximate surface area is 113 Å². The van der Waals surface area contributed by atoms with Crippen molar-refractivity contribution in [1.82, 2.24) is 20.3 Å². The number of aryl methyl sites for hydroxylation is 1. The largest absolute Gasteiger partial charge is 0.496 e. The van der Waals surface area contributed by atoms with Crippen molar-refractivity contribution < 1.29 is 4.74 Å². The van der Waals surface area contributed by atoms with Gasteiger partial charge in [-0.2, -0.15) is 0 Å². The molecule has 0 amide bonds. The second kappa shape index (κ2) is 5.84. The highest BCUT2D eigenvalue weighted by Crippen LogP contribution is 2.20. The Morgan fingerprint density at radius 3 is 2.79 bits per heavy atom. The normalized spacial score (nSPS) is 11.0. The Hall–Kier alpha value is -1.88. The van der Waals surface area contributed by atoms with E-state index in [2.05, 4.69) is 29.5 Å². The first-order valence-corrected chi connectivity index (χ1v) is 6.39. The van der Waals surface area contributed by atoms with Crippen molar-refractivity contribution in [3.63, 3.8) is 0 Å². The molecule has 5 heteroatoms. The lowest BCUT2D eigenvalue weighted by atomic mass is 10.2. The molecule has 0 aliphatic carbocycles. The molecule has 2 rings (SSSR count). The molecule has 5 nitrogen and oxygen atoms in total. The number of methoxy groups -OCH3 is 1. The third-order valence-electron chi connectivity index (χ3n) is 2.88. The zero-order valence-electron chi connectivity index (χ0n) is 11.8. The van der Waals surface area contributed by atoms with Crippen molar-refractivity contribution in [2.24, 2.45) is 0 Å². The summed E-state index contributed by atoms with van der Waals surface area (Å²) in [5.74, 6) is 0.880. The van der Waals surface area contributed by atoms with Crippen LogP contribution in [0, 0.1) is 6.92 Å². The molecular formula is C14H20N4O. The minimum atomic E-state index is 0.438. The first kappa shape index (κ1) is 13.5. The quantitative estimate of drug-likeness (QED) is 0.894. The van der Waals surface area contributed by atoms with Crippen LogP contribution in [-0.2, 0) is 6.54 Å². The van der Waals surface area contributed by atoms with Crippen LogP contribution in [0.4, 0.5) is 0 Å².